The number of benzene rings is 2. The molecule has 0 fully saturated rings. The summed E-state index contributed by atoms with van der Waals surface area (Å²) >= 11 is 1.49. The molecule has 2 aliphatic rings. The fourth-order valence-electron chi connectivity index (χ4n) is 3.92. The lowest BCUT2D eigenvalue weighted by atomic mass is 10.2. The average molecular weight is 401 g/mol. The van der Waals surface area contributed by atoms with Gasteiger partial charge in [0.15, 0.2) is 0 Å². The average Bonchev–Trinajstić information content (AvgIpc) is 3.14. The van der Waals surface area contributed by atoms with Gasteiger partial charge in [-0.15, -0.1) is 0 Å². The molecular formula is C23H19N3O2S. The fraction of sp³-hybridized carbons (Fsp3) is 0.174. The Bertz CT molecular complexity index is 1110. The molecule has 5 rings (SSSR count). The number of para-hydroxylation sites is 2. The van der Waals surface area contributed by atoms with Crippen LogP contribution in [0, 0.1) is 0 Å². The Morgan fingerprint density at radius 1 is 1.00 bits per heavy atom. The minimum atomic E-state index is -0.111. The first-order valence-electron chi connectivity index (χ1n) is 9.64. The molecule has 0 atom stereocenters. The molecule has 29 heavy (non-hydrogen) atoms. The third-order valence-corrected chi connectivity index (χ3v) is 6.43. The molecule has 0 N–H and O–H groups in total. The number of hydrogen-bond acceptors (Lipinski definition) is 4. The predicted octanol–water partition coefficient (Wildman–Crippen LogP) is 4.17. The molecule has 0 radical (unpaired) electrons. The molecule has 2 aromatic carbocycles. The van der Waals surface area contributed by atoms with Gasteiger partial charge in [-0.1, -0.05) is 42.1 Å². The van der Waals surface area contributed by atoms with E-state index >= 15 is 0 Å². The van der Waals surface area contributed by atoms with E-state index in [0.29, 0.717) is 23.7 Å². The molecule has 0 saturated heterocycles. The number of hydrogen-bond donors (Lipinski definition) is 0. The van der Waals surface area contributed by atoms with Gasteiger partial charge in [0, 0.05) is 36.3 Å². The normalized spacial score (nSPS) is 14.8. The van der Waals surface area contributed by atoms with E-state index in [9.17, 15) is 9.59 Å². The minimum absolute atomic E-state index is 0.0449. The van der Waals surface area contributed by atoms with Crippen LogP contribution in [-0.2, 0) is 11.2 Å². The Labute approximate surface area is 173 Å². The van der Waals surface area contributed by atoms with Gasteiger partial charge < -0.3 is 9.80 Å². The number of rotatable bonds is 3. The zero-order chi connectivity index (χ0) is 19.8. The first-order valence-corrected chi connectivity index (χ1v) is 10.5. The molecule has 0 unspecified atom stereocenters. The van der Waals surface area contributed by atoms with Gasteiger partial charge in [-0.3, -0.25) is 9.59 Å². The largest absolute Gasteiger partial charge is 0.312 e. The molecule has 2 amide bonds. The molecular weight excluding hydrogens is 382 g/mol. The zero-order valence-electron chi connectivity index (χ0n) is 15.7. The van der Waals surface area contributed by atoms with E-state index in [2.05, 4.69) is 11.1 Å². The maximum Gasteiger partial charge on any atom is 0.261 e. The SMILES string of the molecule is O=C(CCN1C(=O)c2cccnc2Sc2ccccc21)N1CCc2ccccc21. The van der Waals surface area contributed by atoms with Gasteiger partial charge in [0.2, 0.25) is 5.91 Å². The van der Waals surface area contributed by atoms with Crippen LogP contribution >= 0.6 is 11.8 Å². The van der Waals surface area contributed by atoms with Crippen LogP contribution in [0.5, 0.6) is 0 Å². The van der Waals surface area contributed by atoms with Crippen molar-refractivity contribution in [3.05, 3.63) is 78.0 Å². The zero-order valence-corrected chi connectivity index (χ0v) is 16.6. The number of aromatic nitrogens is 1. The minimum Gasteiger partial charge on any atom is -0.312 e. The van der Waals surface area contributed by atoms with Gasteiger partial charge in [0.25, 0.3) is 5.91 Å². The van der Waals surface area contributed by atoms with Crippen LogP contribution < -0.4 is 9.80 Å². The highest BCUT2D eigenvalue weighted by Crippen LogP contribution is 2.40. The van der Waals surface area contributed by atoms with Crippen LogP contribution in [0.3, 0.4) is 0 Å². The summed E-state index contributed by atoms with van der Waals surface area (Å²) < 4.78 is 0. The number of carbonyl (C=O) groups is 2. The summed E-state index contributed by atoms with van der Waals surface area (Å²) in [5, 5.41) is 0.701. The van der Waals surface area contributed by atoms with Gasteiger partial charge >= 0.3 is 0 Å². The van der Waals surface area contributed by atoms with Gasteiger partial charge in [0.1, 0.15) is 5.03 Å². The molecule has 0 aliphatic carbocycles. The molecule has 3 aromatic rings. The highest BCUT2D eigenvalue weighted by molar-refractivity contribution is 7.99. The Morgan fingerprint density at radius 3 is 2.69 bits per heavy atom. The van der Waals surface area contributed by atoms with Crippen molar-refractivity contribution in [2.75, 3.05) is 22.9 Å². The molecule has 144 valence electrons. The summed E-state index contributed by atoms with van der Waals surface area (Å²) in [6.07, 6.45) is 2.85. The molecule has 0 spiro atoms. The van der Waals surface area contributed by atoms with Crippen molar-refractivity contribution in [1.29, 1.82) is 0 Å². The Balaban J connectivity index is 1.42. The standard InChI is InChI=1S/C23H19N3O2S/c27-21(25-14-11-16-6-1-2-8-18(16)25)12-15-26-19-9-3-4-10-20(19)29-22-17(23(26)28)7-5-13-24-22/h1-10,13H,11-12,14-15H2. The van der Waals surface area contributed by atoms with Gasteiger partial charge in [-0.05, 0) is 42.3 Å². The van der Waals surface area contributed by atoms with Gasteiger partial charge in [-0.2, -0.15) is 0 Å². The summed E-state index contributed by atoms with van der Waals surface area (Å²) in [5.74, 6) is -0.0660. The van der Waals surface area contributed by atoms with Crippen molar-refractivity contribution in [2.45, 2.75) is 22.8 Å². The van der Waals surface area contributed by atoms with Crippen LogP contribution in [0.25, 0.3) is 0 Å². The second-order valence-electron chi connectivity index (χ2n) is 7.06. The topological polar surface area (TPSA) is 53.5 Å². The van der Waals surface area contributed by atoms with Crippen LogP contribution in [0.15, 0.2) is 76.8 Å². The Morgan fingerprint density at radius 2 is 1.79 bits per heavy atom. The van der Waals surface area contributed by atoms with Gasteiger partial charge in [-0.25, -0.2) is 4.98 Å². The number of fused-ring (bicyclic) bond motifs is 3. The summed E-state index contributed by atoms with van der Waals surface area (Å²) in [4.78, 5) is 35.2. The number of carbonyl (C=O) groups excluding carboxylic acids is 2. The van der Waals surface area contributed by atoms with Crippen molar-refractivity contribution < 1.29 is 9.59 Å². The van der Waals surface area contributed by atoms with Crippen molar-refractivity contribution in [2.24, 2.45) is 0 Å². The van der Waals surface area contributed by atoms with Crippen molar-refractivity contribution in [3.8, 4) is 0 Å². The summed E-state index contributed by atoms with van der Waals surface area (Å²) in [6.45, 7) is 1.04. The van der Waals surface area contributed by atoms with Crippen LogP contribution in [-0.4, -0.2) is 29.9 Å². The van der Waals surface area contributed by atoms with E-state index in [0.717, 1.165) is 22.7 Å². The molecule has 2 aliphatic heterocycles. The lowest BCUT2D eigenvalue weighted by molar-refractivity contribution is -0.118. The molecule has 5 nitrogen and oxygen atoms in total. The quantitative estimate of drug-likeness (QED) is 0.661. The third kappa shape index (κ3) is 3.19. The highest BCUT2D eigenvalue weighted by atomic mass is 32.2. The highest BCUT2D eigenvalue weighted by Gasteiger charge is 2.30. The smallest absolute Gasteiger partial charge is 0.261 e. The Hall–Kier alpha value is -3.12. The summed E-state index contributed by atoms with van der Waals surface area (Å²) in [6, 6.07) is 19.4. The van der Waals surface area contributed by atoms with Crippen molar-refractivity contribution in [3.63, 3.8) is 0 Å². The summed E-state index contributed by atoms with van der Waals surface area (Å²) in [7, 11) is 0. The van der Waals surface area contributed by atoms with Crippen LogP contribution in [0.2, 0.25) is 0 Å². The van der Waals surface area contributed by atoms with E-state index in [4.69, 9.17) is 0 Å². The number of anilines is 2. The summed E-state index contributed by atoms with van der Waals surface area (Å²) in [5.41, 5.74) is 3.60. The monoisotopic (exact) mass is 401 g/mol. The maximum absolute atomic E-state index is 13.3. The molecule has 3 heterocycles. The van der Waals surface area contributed by atoms with E-state index in [1.54, 1.807) is 23.2 Å². The van der Waals surface area contributed by atoms with Crippen molar-refractivity contribution >= 4 is 35.0 Å². The van der Waals surface area contributed by atoms with Crippen LogP contribution in [0.4, 0.5) is 11.4 Å². The number of amides is 2. The fourth-order valence-corrected chi connectivity index (χ4v) is 4.94. The molecule has 6 heteroatoms. The lowest BCUT2D eigenvalue weighted by Gasteiger charge is -2.24. The second kappa shape index (κ2) is 7.37. The third-order valence-electron chi connectivity index (χ3n) is 5.35. The molecule has 1 aromatic heterocycles. The first-order chi connectivity index (χ1) is 14.2. The second-order valence-corrected chi connectivity index (χ2v) is 8.09. The molecule has 0 bridgehead atoms. The van der Waals surface area contributed by atoms with Crippen LogP contribution in [0.1, 0.15) is 22.3 Å². The van der Waals surface area contributed by atoms with Gasteiger partial charge in [0.05, 0.1) is 11.3 Å². The Kier molecular flexibility index (Phi) is 4.56. The maximum atomic E-state index is 13.3. The van der Waals surface area contributed by atoms with E-state index < -0.39 is 0 Å². The van der Waals surface area contributed by atoms with E-state index in [-0.39, 0.29) is 18.2 Å². The van der Waals surface area contributed by atoms with E-state index in [1.165, 1.54) is 17.3 Å². The molecule has 0 saturated carbocycles. The predicted molar refractivity (Wildman–Crippen MR) is 114 cm³/mol. The van der Waals surface area contributed by atoms with E-state index in [1.807, 2.05) is 47.4 Å². The number of pyridine rings is 1. The number of nitrogens with zero attached hydrogens (tertiary/aromatic N) is 3. The first kappa shape index (κ1) is 17.9. The lowest BCUT2D eigenvalue weighted by Crippen LogP contribution is -2.36. The van der Waals surface area contributed by atoms with Crippen molar-refractivity contribution in [1.82, 2.24) is 4.98 Å².